The molecule has 2 atom stereocenters. The van der Waals surface area contributed by atoms with Crippen LogP contribution in [-0.4, -0.2) is 35.8 Å². The Morgan fingerprint density at radius 3 is 2.57 bits per heavy atom. The van der Waals surface area contributed by atoms with E-state index in [1.165, 1.54) is 5.56 Å². The van der Waals surface area contributed by atoms with Crippen molar-refractivity contribution in [1.29, 1.82) is 0 Å². The van der Waals surface area contributed by atoms with Gasteiger partial charge in [-0.3, -0.25) is 9.59 Å². The van der Waals surface area contributed by atoms with E-state index in [0.29, 0.717) is 25.9 Å². The minimum Gasteiger partial charge on any atom is -0.369 e. The Morgan fingerprint density at radius 2 is 2.00 bits per heavy atom. The van der Waals surface area contributed by atoms with Gasteiger partial charge in [-0.25, -0.2) is 0 Å². The number of rotatable bonds is 5. The van der Waals surface area contributed by atoms with E-state index in [2.05, 4.69) is 0 Å². The van der Waals surface area contributed by atoms with E-state index >= 15 is 0 Å². The van der Waals surface area contributed by atoms with Crippen LogP contribution in [0.1, 0.15) is 25.3 Å². The third kappa shape index (κ3) is 3.61. The van der Waals surface area contributed by atoms with Gasteiger partial charge in [-0.05, 0) is 31.7 Å². The minimum absolute atomic E-state index is 0.0871. The Hall–Kier alpha value is -1.88. The zero-order valence-electron chi connectivity index (χ0n) is 12.4. The summed E-state index contributed by atoms with van der Waals surface area (Å²) in [7, 11) is 0. The van der Waals surface area contributed by atoms with Crippen molar-refractivity contribution in [3.63, 3.8) is 0 Å². The van der Waals surface area contributed by atoms with Gasteiger partial charge in [-0.1, -0.05) is 30.3 Å². The molecule has 0 bridgehead atoms. The molecule has 1 aliphatic rings. The number of nitrogens with zero attached hydrogens (tertiary/aromatic N) is 1. The predicted molar refractivity (Wildman–Crippen MR) is 81.2 cm³/mol. The third-order valence-electron chi connectivity index (χ3n) is 4.28. The highest BCUT2D eigenvalue weighted by atomic mass is 16.2. The molecule has 2 unspecified atom stereocenters. The van der Waals surface area contributed by atoms with Crippen LogP contribution in [0.15, 0.2) is 30.3 Å². The summed E-state index contributed by atoms with van der Waals surface area (Å²) in [6, 6.07) is 9.43. The van der Waals surface area contributed by atoms with Crippen LogP contribution >= 0.6 is 0 Å². The summed E-state index contributed by atoms with van der Waals surface area (Å²) in [4.78, 5) is 25.4. The molecule has 0 aromatic heterocycles. The Labute approximate surface area is 125 Å². The molecule has 0 spiro atoms. The van der Waals surface area contributed by atoms with Gasteiger partial charge in [0.05, 0.1) is 11.5 Å². The van der Waals surface area contributed by atoms with Crippen LogP contribution in [0.25, 0.3) is 0 Å². The molecular weight excluding hydrogens is 266 g/mol. The van der Waals surface area contributed by atoms with Gasteiger partial charge in [0.25, 0.3) is 0 Å². The number of carbonyl (C=O) groups is 2. The zero-order chi connectivity index (χ0) is 15.5. The van der Waals surface area contributed by atoms with Crippen LogP contribution in [0.2, 0.25) is 0 Å². The Balaban J connectivity index is 1.87. The highest BCUT2D eigenvalue weighted by molar-refractivity contribution is 5.85. The summed E-state index contributed by atoms with van der Waals surface area (Å²) < 4.78 is 0. The van der Waals surface area contributed by atoms with Crippen LogP contribution in [0.5, 0.6) is 0 Å². The lowest BCUT2D eigenvalue weighted by molar-refractivity contribution is -0.133. The third-order valence-corrected chi connectivity index (χ3v) is 4.28. The van der Waals surface area contributed by atoms with E-state index in [0.717, 1.165) is 6.42 Å². The highest BCUT2D eigenvalue weighted by Crippen LogP contribution is 2.29. The summed E-state index contributed by atoms with van der Waals surface area (Å²) >= 11 is 0. The van der Waals surface area contributed by atoms with Gasteiger partial charge in [0.1, 0.15) is 0 Å². The summed E-state index contributed by atoms with van der Waals surface area (Å²) in [5.41, 5.74) is 12.0. The molecule has 1 heterocycles. The first-order valence-electron chi connectivity index (χ1n) is 7.30. The van der Waals surface area contributed by atoms with Gasteiger partial charge in [0.2, 0.25) is 11.8 Å². The molecule has 1 fully saturated rings. The van der Waals surface area contributed by atoms with Crippen molar-refractivity contribution in [1.82, 2.24) is 4.90 Å². The molecule has 4 N–H and O–H groups in total. The van der Waals surface area contributed by atoms with Gasteiger partial charge >= 0.3 is 0 Å². The Morgan fingerprint density at radius 1 is 1.33 bits per heavy atom. The lowest BCUT2D eigenvalue weighted by Gasteiger charge is -2.23. The molecule has 0 aliphatic carbocycles. The first kappa shape index (κ1) is 15.5. The lowest BCUT2D eigenvalue weighted by atomic mass is 9.89. The predicted octanol–water partition coefficient (Wildman–Crippen LogP) is 0.670. The van der Waals surface area contributed by atoms with Crippen molar-refractivity contribution in [2.45, 2.75) is 32.2 Å². The van der Waals surface area contributed by atoms with Crippen molar-refractivity contribution < 1.29 is 9.59 Å². The molecule has 1 aromatic carbocycles. The molecule has 0 radical (unpaired) electrons. The fourth-order valence-corrected chi connectivity index (χ4v) is 2.68. The van der Waals surface area contributed by atoms with Gasteiger partial charge in [-0.15, -0.1) is 0 Å². The number of nitrogens with two attached hydrogens (primary N) is 2. The molecule has 5 nitrogen and oxygen atoms in total. The van der Waals surface area contributed by atoms with Crippen molar-refractivity contribution in [2.75, 3.05) is 13.1 Å². The van der Waals surface area contributed by atoms with E-state index in [-0.39, 0.29) is 11.8 Å². The average molecular weight is 289 g/mol. The number of hydrogen-bond acceptors (Lipinski definition) is 3. The number of aryl methyl sites for hydroxylation is 1. The number of carbonyl (C=O) groups excluding carboxylic acids is 2. The van der Waals surface area contributed by atoms with Crippen molar-refractivity contribution in [3.05, 3.63) is 35.9 Å². The maximum Gasteiger partial charge on any atom is 0.239 e. The van der Waals surface area contributed by atoms with E-state index < -0.39 is 11.5 Å². The maximum absolute atomic E-state index is 12.3. The van der Waals surface area contributed by atoms with Crippen LogP contribution in [-0.2, 0) is 16.0 Å². The first-order chi connectivity index (χ1) is 9.92. The molecular formula is C16H23N3O2. The lowest BCUT2D eigenvalue weighted by Crippen LogP contribution is -2.45. The largest absolute Gasteiger partial charge is 0.369 e. The fraction of sp³-hybridized carbons (Fsp3) is 0.500. The van der Waals surface area contributed by atoms with Crippen LogP contribution in [0.3, 0.4) is 0 Å². The van der Waals surface area contributed by atoms with E-state index in [1.807, 2.05) is 30.3 Å². The van der Waals surface area contributed by atoms with Crippen LogP contribution in [0, 0.1) is 5.41 Å². The number of likely N-dealkylation sites (tertiary alicyclic amines) is 1. The number of benzene rings is 1. The summed E-state index contributed by atoms with van der Waals surface area (Å²) in [6.45, 7) is 2.73. The van der Waals surface area contributed by atoms with Gasteiger partial charge in [0, 0.05) is 13.1 Å². The quantitative estimate of drug-likeness (QED) is 0.835. The molecule has 1 saturated heterocycles. The number of hydrogen-bond donors (Lipinski definition) is 2. The minimum atomic E-state index is -0.616. The molecule has 2 rings (SSSR count). The normalized spacial score (nSPS) is 23.0. The summed E-state index contributed by atoms with van der Waals surface area (Å²) in [6.07, 6.45) is 1.99. The molecule has 1 aliphatic heterocycles. The fourth-order valence-electron chi connectivity index (χ4n) is 2.68. The van der Waals surface area contributed by atoms with Crippen molar-refractivity contribution in [3.8, 4) is 0 Å². The number of primary amides is 1. The Kier molecular flexibility index (Phi) is 4.63. The monoisotopic (exact) mass is 289 g/mol. The molecule has 2 amide bonds. The standard InChI is InChI=1S/C16H23N3O2/c1-16(15(18)21)9-10-19(11-16)14(20)13(17)8-7-12-5-3-2-4-6-12/h2-6,13H,7-11,17H2,1H3,(H2,18,21). The second kappa shape index (κ2) is 6.26. The second-order valence-electron chi connectivity index (χ2n) is 6.07. The van der Waals surface area contributed by atoms with Gasteiger partial charge < -0.3 is 16.4 Å². The number of amides is 2. The SMILES string of the molecule is CC1(C(N)=O)CCN(C(=O)C(N)CCc2ccccc2)C1. The second-order valence-corrected chi connectivity index (χ2v) is 6.07. The Bertz CT molecular complexity index is 518. The zero-order valence-corrected chi connectivity index (χ0v) is 12.4. The topological polar surface area (TPSA) is 89.4 Å². The molecule has 1 aromatic rings. The van der Waals surface area contributed by atoms with Crippen molar-refractivity contribution >= 4 is 11.8 Å². The highest BCUT2D eigenvalue weighted by Gasteiger charge is 2.41. The summed E-state index contributed by atoms with van der Waals surface area (Å²) in [5.74, 6) is -0.438. The van der Waals surface area contributed by atoms with Gasteiger partial charge in [-0.2, -0.15) is 0 Å². The van der Waals surface area contributed by atoms with Crippen molar-refractivity contribution in [2.24, 2.45) is 16.9 Å². The van der Waals surface area contributed by atoms with E-state index in [4.69, 9.17) is 11.5 Å². The van der Waals surface area contributed by atoms with Crippen LogP contribution < -0.4 is 11.5 Å². The maximum atomic E-state index is 12.3. The molecule has 114 valence electrons. The molecule has 21 heavy (non-hydrogen) atoms. The van der Waals surface area contributed by atoms with E-state index in [9.17, 15) is 9.59 Å². The molecule has 5 heteroatoms. The van der Waals surface area contributed by atoms with Crippen LogP contribution in [0.4, 0.5) is 0 Å². The molecule has 0 saturated carbocycles. The smallest absolute Gasteiger partial charge is 0.239 e. The van der Waals surface area contributed by atoms with Gasteiger partial charge in [0.15, 0.2) is 0 Å². The van der Waals surface area contributed by atoms with E-state index in [1.54, 1.807) is 11.8 Å². The average Bonchev–Trinajstić information content (AvgIpc) is 2.89. The summed E-state index contributed by atoms with van der Waals surface area (Å²) in [5, 5.41) is 0. The first-order valence-corrected chi connectivity index (χ1v) is 7.30.